The summed E-state index contributed by atoms with van der Waals surface area (Å²) in [5.74, 6) is -0.184. The lowest BCUT2D eigenvalue weighted by Crippen LogP contribution is -2.14. The van der Waals surface area contributed by atoms with Crippen LogP contribution in [-0.2, 0) is 9.53 Å². The molecule has 0 saturated heterocycles. The molecule has 0 aromatic heterocycles. The molecule has 142 valence electrons. The zero-order valence-electron chi connectivity index (χ0n) is 16.2. The molecule has 2 aromatic rings. The lowest BCUT2D eigenvalue weighted by molar-refractivity contribution is -0.145. The first kappa shape index (κ1) is 20.3. The number of unbranched alkanes of at least 4 members (excludes halogenated alkanes) is 7. The van der Waals surface area contributed by atoms with E-state index in [0.717, 1.165) is 29.2 Å². The molecular weight excluding hydrogens is 324 g/mol. The zero-order chi connectivity index (χ0) is 18.8. The molecule has 26 heavy (non-hydrogen) atoms. The number of rotatable bonds is 11. The SMILES string of the molecule is CCCCCCCCCCOC(=O)[C@@H](C)c1ccc2cc(O)ccc2c1. The van der Waals surface area contributed by atoms with Gasteiger partial charge in [-0.25, -0.2) is 0 Å². The quantitative estimate of drug-likeness (QED) is 0.378. The van der Waals surface area contributed by atoms with Crippen LogP contribution in [0.1, 0.15) is 76.7 Å². The molecule has 0 aliphatic carbocycles. The predicted molar refractivity (Wildman–Crippen MR) is 108 cm³/mol. The van der Waals surface area contributed by atoms with Crippen LogP contribution in [0.3, 0.4) is 0 Å². The Morgan fingerprint density at radius 1 is 0.923 bits per heavy atom. The molecule has 1 N–H and O–H groups in total. The number of benzene rings is 2. The summed E-state index contributed by atoms with van der Waals surface area (Å²) in [6, 6.07) is 11.1. The Balaban J connectivity index is 1.71. The highest BCUT2D eigenvalue weighted by atomic mass is 16.5. The smallest absolute Gasteiger partial charge is 0.313 e. The highest BCUT2D eigenvalue weighted by Crippen LogP contribution is 2.25. The fraction of sp³-hybridized carbons (Fsp3) is 0.522. The third-order valence-corrected chi connectivity index (χ3v) is 4.94. The van der Waals surface area contributed by atoms with Gasteiger partial charge in [-0.05, 0) is 41.8 Å². The first-order valence-corrected chi connectivity index (χ1v) is 10.0. The average Bonchev–Trinajstić information content (AvgIpc) is 2.65. The fourth-order valence-corrected chi connectivity index (χ4v) is 3.19. The third kappa shape index (κ3) is 6.36. The van der Waals surface area contributed by atoms with Gasteiger partial charge in [0.2, 0.25) is 0 Å². The van der Waals surface area contributed by atoms with Gasteiger partial charge < -0.3 is 9.84 Å². The van der Waals surface area contributed by atoms with Gasteiger partial charge in [0.05, 0.1) is 12.5 Å². The summed E-state index contributed by atoms with van der Waals surface area (Å²) in [6.45, 7) is 4.63. The van der Waals surface area contributed by atoms with Crippen LogP contribution in [0.25, 0.3) is 10.8 Å². The maximum atomic E-state index is 12.3. The summed E-state index contributed by atoms with van der Waals surface area (Å²) < 4.78 is 5.46. The molecule has 0 saturated carbocycles. The second kappa shape index (κ2) is 10.8. The molecule has 0 radical (unpaired) electrons. The van der Waals surface area contributed by atoms with Crippen molar-refractivity contribution in [2.24, 2.45) is 0 Å². The number of phenolic OH excluding ortho intramolecular Hbond substituents is 1. The number of hydrogen-bond acceptors (Lipinski definition) is 3. The normalized spacial score (nSPS) is 12.2. The van der Waals surface area contributed by atoms with Crippen LogP contribution in [0.5, 0.6) is 5.75 Å². The van der Waals surface area contributed by atoms with Crippen LogP contribution in [0.2, 0.25) is 0 Å². The van der Waals surface area contributed by atoms with Crippen molar-refractivity contribution < 1.29 is 14.6 Å². The van der Waals surface area contributed by atoms with Crippen LogP contribution >= 0.6 is 0 Å². The van der Waals surface area contributed by atoms with Gasteiger partial charge in [0, 0.05) is 0 Å². The van der Waals surface area contributed by atoms with Gasteiger partial charge in [-0.1, -0.05) is 76.1 Å². The summed E-state index contributed by atoms with van der Waals surface area (Å²) in [5, 5.41) is 11.5. The van der Waals surface area contributed by atoms with E-state index in [2.05, 4.69) is 6.92 Å². The molecule has 0 fully saturated rings. The van der Waals surface area contributed by atoms with Crippen molar-refractivity contribution in [1.82, 2.24) is 0 Å². The van der Waals surface area contributed by atoms with Crippen molar-refractivity contribution in [2.75, 3.05) is 6.61 Å². The fourth-order valence-electron chi connectivity index (χ4n) is 3.19. The third-order valence-electron chi connectivity index (χ3n) is 4.94. The number of aromatic hydroxyl groups is 1. The van der Waals surface area contributed by atoms with E-state index in [0.29, 0.717) is 6.61 Å². The molecule has 3 nitrogen and oxygen atoms in total. The van der Waals surface area contributed by atoms with Crippen LogP contribution in [0, 0.1) is 0 Å². The lowest BCUT2D eigenvalue weighted by atomic mass is 9.98. The van der Waals surface area contributed by atoms with E-state index in [9.17, 15) is 9.90 Å². The average molecular weight is 357 g/mol. The maximum absolute atomic E-state index is 12.3. The van der Waals surface area contributed by atoms with E-state index in [4.69, 9.17) is 4.74 Å². The summed E-state index contributed by atoms with van der Waals surface area (Å²) in [6.07, 6.45) is 9.89. The molecule has 0 heterocycles. The molecule has 3 heteroatoms. The number of carbonyl (C=O) groups excluding carboxylic acids is 1. The summed E-state index contributed by atoms with van der Waals surface area (Å²) in [4.78, 5) is 12.3. The van der Waals surface area contributed by atoms with Crippen molar-refractivity contribution >= 4 is 16.7 Å². The first-order valence-electron chi connectivity index (χ1n) is 10.0. The lowest BCUT2D eigenvalue weighted by Gasteiger charge is -2.13. The van der Waals surface area contributed by atoms with Gasteiger partial charge in [0.15, 0.2) is 0 Å². The predicted octanol–water partition coefficient (Wildman–Crippen LogP) is 6.33. The Labute approximate surface area is 157 Å². The molecule has 0 aliphatic heterocycles. The van der Waals surface area contributed by atoms with Crippen molar-refractivity contribution in [3.63, 3.8) is 0 Å². The number of esters is 1. The van der Waals surface area contributed by atoms with Gasteiger partial charge in [0.25, 0.3) is 0 Å². The minimum absolute atomic E-state index is 0.161. The monoisotopic (exact) mass is 356 g/mol. The van der Waals surface area contributed by atoms with Crippen molar-refractivity contribution in [1.29, 1.82) is 0 Å². The standard InChI is InChI=1S/C23H32O3/c1-3-4-5-6-7-8-9-10-15-26-23(25)18(2)19-11-12-21-17-22(24)14-13-20(21)16-19/h11-14,16-18,24H,3-10,15H2,1-2H3/t18-/m0/s1. The summed E-state index contributed by atoms with van der Waals surface area (Å²) >= 11 is 0. The molecule has 0 bridgehead atoms. The number of ether oxygens (including phenoxy) is 1. The van der Waals surface area contributed by atoms with Gasteiger partial charge in [-0.15, -0.1) is 0 Å². The second-order valence-corrected chi connectivity index (χ2v) is 7.15. The summed E-state index contributed by atoms with van der Waals surface area (Å²) in [7, 11) is 0. The Morgan fingerprint density at radius 2 is 1.54 bits per heavy atom. The maximum Gasteiger partial charge on any atom is 0.313 e. The van der Waals surface area contributed by atoms with Crippen LogP contribution in [0.4, 0.5) is 0 Å². The largest absolute Gasteiger partial charge is 0.508 e. The van der Waals surface area contributed by atoms with E-state index in [1.807, 2.05) is 31.2 Å². The van der Waals surface area contributed by atoms with Gasteiger partial charge in [-0.2, -0.15) is 0 Å². The zero-order valence-corrected chi connectivity index (χ0v) is 16.2. The van der Waals surface area contributed by atoms with E-state index in [1.165, 1.54) is 38.5 Å². The molecule has 0 spiro atoms. The topological polar surface area (TPSA) is 46.5 Å². The van der Waals surface area contributed by atoms with Crippen LogP contribution in [0.15, 0.2) is 36.4 Å². The van der Waals surface area contributed by atoms with Gasteiger partial charge >= 0.3 is 5.97 Å². The van der Waals surface area contributed by atoms with Crippen LogP contribution < -0.4 is 0 Å². The molecule has 0 amide bonds. The van der Waals surface area contributed by atoms with Crippen LogP contribution in [-0.4, -0.2) is 17.7 Å². The number of phenols is 1. The van der Waals surface area contributed by atoms with E-state index in [1.54, 1.807) is 12.1 Å². The minimum Gasteiger partial charge on any atom is -0.508 e. The molecule has 2 rings (SSSR count). The molecule has 0 aliphatic rings. The molecular formula is C23H32O3. The molecule has 2 aromatic carbocycles. The number of fused-ring (bicyclic) bond motifs is 1. The van der Waals surface area contributed by atoms with E-state index in [-0.39, 0.29) is 17.6 Å². The number of carbonyl (C=O) groups is 1. The van der Waals surface area contributed by atoms with Crippen molar-refractivity contribution in [2.45, 2.75) is 71.1 Å². The minimum atomic E-state index is -0.276. The van der Waals surface area contributed by atoms with E-state index < -0.39 is 0 Å². The first-order chi connectivity index (χ1) is 12.6. The van der Waals surface area contributed by atoms with Gasteiger partial charge in [0.1, 0.15) is 5.75 Å². The molecule has 0 unspecified atom stereocenters. The molecule has 1 atom stereocenters. The Morgan fingerprint density at radius 3 is 2.27 bits per heavy atom. The highest BCUT2D eigenvalue weighted by Gasteiger charge is 2.17. The number of hydrogen-bond donors (Lipinski definition) is 1. The van der Waals surface area contributed by atoms with Crippen molar-refractivity contribution in [3.8, 4) is 5.75 Å². The van der Waals surface area contributed by atoms with E-state index >= 15 is 0 Å². The second-order valence-electron chi connectivity index (χ2n) is 7.15. The summed E-state index contributed by atoms with van der Waals surface area (Å²) in [5.41, 5.74) is 0.948. The van der Waals surface area contributed by atoms with Gasteiger partial charge in [-0.3, -0.25) is 4.79 Å². The Bertz CT molecular complexity index is 693. The Hall–Kier alpha value is -2.03. The highest BCUT2D eigenvalue weighted by molar-refractivity contribution is 5.86. The Kier molecular flexibility index (Phi) is 8.46. The van der Waals surface area contributed by atoms with Crippen molar-refractivity contribution in [3.05, 3.63) is 42.0 Å².